The average Bonchev–Trinajstić information content (AvgIpc) is 2.71. The van der Waals surface area contributed by atoms with Crippen LogP contribution in [0.25, 0.3) is 0 Å². The van der Waals surface area contributed by atoms with E-state index in [9.17, 15) is 0 Å². The highest BCUT2D eigenvalue weighted by Gasteiger charge is 2.16. The maximum atomic E-state index is 6.03. The fourth-order valence-electron chi connectivity index (χ4n) is 1.89. The van der Waals surface area contributed by atoms with E-state index < -0.39 is 0 Å². The standard InChI is InChI=1S/C12H15ClN4/c1-8-6-9(4-5-10(8)13)12(14-2)11-7-15-16-17(11)3/h4-7,12,14H,1-3H3. The summed E-state index contributed by atoms with van der Waals surface area (Å²) in [5, 5.41) is 11.9. The van der Waals surface area contributed by atoms with Gasteiger partial charge in [-0.3, -0.25) is 4.68 Å². The Bertz CT molecular complexity index is 521. The number of halogens is 1. The molecule has 0 aliphatic rings. The number of hydrogen-bond donors (Lipinski definition) is 1. The lowest BCUT2D eigenvalue weighted by Gasteiger charge is -2.17. The van der Waals surface area contributed by atoms with Crippen LogP contribution in [0.2, 0.25) is 5.02 Å². The summed E-state index contributed by atoms with van der Waals surface area (Å²) < 4.78 is 1.77. The molecular formula is C12H15ClN4. The zero-order valence-corrected chi connectivity index (χ0v) is 10.9. The van der Waals surface area contributed by atoms with Crippen LogP contribution >= 0.6 is 11.6 Å². The molecule has 1 aromatic heterocycles. The highest BCUT2D eigenvalue weighted by atomic mass is 35.5. The highest BCUT2D eigenvalue weighted by Crippen LogP contribution is 2.24. The Morgan fingerprint density at radius 2 is 2.18 bits per heavy atom. The number of benzene rings is 1. The number of nitrogens with one attached hydrogen (secondary N) is 1. The minimum Gasteiger partial charge on any atom is -0.308 e. The zero-order chi connectivity index (χ0) is 12.4. The number of aryl methyl sites for hydroxylation is 2. The van der Waals surface area contributed by atoms with Gasteiger partial charge < -0.3 is 5.32 Å². The maximum absolute atomic E-state index is 6.03. The van der Waals surface area contributed by atoms with Crippen LogP contribution in [0, 0.1) is 6.92 Å². The monoisotopic (exact) mass is 250 g/mol. The van der Waals surface area contributed by atoms with Gasteiger partial charge in [0.15, 0.2) is 0 Å². The predicted octanol–water partition coefficient (Wildman–Crippen LogP) is 2.09. The van der Waals surface area contributed by atoms with E-state index in [1.165, 1.54) is 0 Å². The van der Waals surface area contributed by atoms with Gasteiger partial charge in [0.2, 0.25) is 0 Å². The minimum atomic E-state index is 0.0750. The molecule has 0 bridgehead atoms. The number of hydrogen-bond acceptors (Lipinski definition) is 3. The largest absolute Gasteiger partial charge is 0.308 e. The summed E-state index contributed by atoms with van der Waals surface area (Å²) in [6.07, 6.45) is 1.77. The van der Waals surface area contributed by atoms with E-state index in [-0.39, 0.29) is 6.04 Å². The molecule has 0 radical (unpaired) electrons. The molecule has 0 aliphatic carbocycles. The Labute approximate surface area is 106 Å². The van der Waals surface area contributed by atoms with E-state index in [0.717, 1.165) is 21.8 Å². The molecule has 0 saturated heterocycles. The van der Waals surface area contributed by atoms with Gasteiger partial charge in [-0.25, -0.2) is 0 Å². The van der Waals surface area contributed by atoms with Gasteiger partial charge >= 0.3 is 0 Å². The Morgan fingerprint density at radius 3 is 2.71 bits per heavy atom. The van der Waals surface area contributed by atoms with Gasteiger partial charge in [0.05, 0.1) is 17.9 Å². The molecule has 5 heteroatoms. The fourth-order valence-corrected chi connectivity index (χ4v) is 2.01. The quantitative estimate of drug-likeness (QED) is 0.907. The van der Waals surface area contributed by atoms with Crippen molar-refractivity contribution in [1.82, 2.24) is 20.3 Å². The topological polar surface area (TPSA) is 42.7 Å². The number of aromatic nitrogens is 3. The Hall–Kier alpha value is -1.39. The third-order valence-electron chi connectivity index (χ3n) is 2.85. The molecule has 2 aromatic rings. The molecule has 1 unspecified atom stereocenters. The van der Waals surface area contributed by atoms with E-state index in [1.807, 2.05) is 33.2 Å². The lowest BCUT2D eigenvalue weighted by atomic mass is 10.0. The summed E-state index contributed by atoms with van der Waals surface area (Å²) >= 11 is 6.03. The summed E-state index contributed by atoms with van der Waals surface area (Å²) in [5.41, 5.74) is 3.24. The molecule has 2 rings (SSSR count). The first-order valence-corrected chi connectivity index (χ1v) is 5.79. The van der Waals surface area contributed by atoms with Crippen molar-refractivity contribution in [3.8, 4) is 0 Å². The SMILES string of the molecule is CNC(c1ccc(Cl)c(C)c1)c1cnnn1C. The van der Waals surface area contributed by atoms with E-state index in [4.69, 9.17) is 11.6 Å². The van der Waals surface area contributed by atoms with Gasteiger partial charge in [0.1, 0.15) is 0 Å². The molecular weight excluding hydrogens is 236 g/mol. The predicted molar refractivity (Wildman–Crippen MR) is 68.1 cm³/mol. The molecule has 1 N–H and O–H groups in total. The lowest BCUT2D eigenvalue weighted by Crippen LogP contribution is -2.20. The van der Waals surface area contributed by atoms with Crippen molar-refractivity contribution >= 4 is 11.6 Å². The van der Waals surface area contributed by atoms with Crippen molar-refractivity contribution < 1.29 is 0 Å². The van der Waals surface area contributed by atoms with Crippen LogP contribution in [0.4, 0.5) is 0 Å². The summed E-state index contributed by atoms with van der Waals surface area (Å²) in [5.74, 6) is 0. The molecule has 4 nitrogen and oxygen atoms in total. The van der Waals surface area contributed by atoms with Gasteiger partial charge in [-0.05, 0) is 31.2 Å². The van der Waals surface area contributed by atoms with E-state index in [1.54, 1.807) is 10.9 Å². The van der Waals surface area contributed by atoms with Gasteiger partial charge in [-0.2, -0.15) is 0 Å². The molecule has 0 fully saturated rings. The summed E-state index contributed by atoms with van der Waals surface area (Å²) in [7, 11) is 3.80. The summed E-state index contributed by atoms with van der Waals surface area (Å²) in [6, 6.07) is 6.09. The molecule has 0 saturated carbocycles. The third kappa shape index (κ3) is 2.33. The summed E-state index contributed by atoms with van der Waals surface area (Å²) in [4.78, 5) is 0. The first kappa shape index (κ1) is 12.1. The van der Waals surface area contributed by atoms with Crippen molar-refractivity contribution in [2.45, 2.75) is 13.0 Å². The second-order valence-corrected chi connectivity index (χ2v) is 4.42. The van der Waals surface area contributed by atoms with Crippen LogP contribution < -0.4 is 5.32 Å². The van der Waals surface area contributed by atoms with E-state index >= 15 is 0 Å². The van der Waals surface area contributed by atoms with Crippen LogP contribution in [0.3, 0.4) is 0 Å². The molecule has 0 amide bonds. The lowest BCUT2D eigenvalue weighted by molar-refractivity contribution is 0.597. The van der Waals surface area contributed by atoms with Gasteiger partial charge in [-0.1, -0.05) is 28.9 Å². The summed E-state index contributed by atoms with van der Waals surface area (Å²) in [6.45, 7) is 2.00. The fraction of sp³-hybridized carbons (Fsp3) is 0.333. The minimum absolute atomic E-state index is 0.0750. The van der Waals surface area contributed by atoms with Crippen molar-refractivity contribution in [1.29, 1.82) is 0 Å². The van der Waals surface area contributed by atoms with Gasteiger partial charge in [0, 0.05) is 12.1 Å². The van der Waals surface area contributed by atoms with Crippen molar-refractivity contribution in [3.63, 3.8) is 0 Å². The first-order valence-electron chi connectivity index (χ1n) is 5.41. The Morgan fingerprint density at radius 1 is 1.41 bits per heavy atom. The molecule has 1 heterocycles. The molecule has 0 spiro atoms. The average molecular weight is 251 g/mol. The van der Waals surface area contributed by atoms with Crippen LogP contribution in [0.15, 0.2) is 24.4 Å². The third-order valence-corrected chi connectivity index (χ3v) is 3.27. The van der Waals surface area contributed by atoms with Crippen LogP contribution in [-0.2, 0) is 7.05 Å². The second kappa shape index (κ2) is 4.85. The van der Waals surface area contributed by atoms with Crippen LogP contribution in [-0.4, -0.2) is 22.0 Å². The normalized spacial score (nSPS) is 12.7. The zero-order valence-electron chi connectivity index (χ0n) is 10.1. The van der Waals surface area contributed by atoms with Crippen molar-refractivity contribution in [2.75, 3.05) is 7.05 Å². The van der Waals surface area contributed by atoms with E-state index in [2.05, 4.69) is 21.7 Å². The maximum Gasteiger partial charge on any atom is 0.0798 e. The highest BCUT2D eigenvalue weighted by molar-refractivity contribution is 6.31. The molecule has 17 heavy (non-hydrogen) atoms. The van der Waals surface area contributed by atoms with Gasteiger partial charge in [-0.15, -0.1) is 5.10 Å². The second-order valence-electron chi connectivity index (χ2n) is 4.01. The smallest absolute Gasteiger partial charge is 0.0798 e. The van der Waals surface area contributed by atoms with Crippen molar-refractivity contribution in [2.24, 2.45) is 7.05 Å². The molecule has 0 aliphatic heterocycles. The number of rotatable bonds is 3. The molecule has 1 aromatic carbocycles. The molecule has 90 valence electrons. The number of nitrogens with zero attached hydrogens (tertiary/aromatic N) is 3. The first-order chi connectivity index (χ1) is 8.13. The molecule has 1 atom stereocenters. The van der Waals surface area contributed by atoms with E-state index in [0.29, 0.717) is 0 Å². The van der Waals surface area contributed by atoms with Gasteiger partial charge in [0.25, 0.3) is 0 Å². The van der Waals surface area contributed by atoms with Crippen LogP contribution in [0.1, 0.15) is 22.9 Å². The van der Waals surface area contributed by atoms with Crippen LogP contribution in [0.5, 0.6) is 0 Å². The Kier molecular flexibility index (Phi) is 3.45. The van der Waals surface area contributed by atoms with Crippen molar-refractivity contribution in [3.05, 3.63) is 46.2 Å². The Balaban J connectivity index is 2.42.